The van der Waals surface area contributed by atoms with Crippen LogP contribution >= 0.6 is 0 Å². The number of rotatable bonds is 0. The molecule has 0 aromatic heterocycles. The van der Waals surface area contributed by atoms with E-state index in [-0.39, 0.29) is 0 Å². The second-order valence-electron chi connectivity index (χ2n) is 5.35. The molecule has 0 N–H and O–H groups in total. The largest absolute Gasteiger partial charge is 0.0594 e. The molecule has 4 rings (SSSR count). The van der Waals surface area contributed by atoms with Crippen molar-refractivity contribution in [2.75, 3.05) is 0 Å². The van der Waals surface area contributed by atoms with Crippen LogP contribution < -0.4 is 0 Å². The van der Waals surface area contributed by atoms with E-state index in [1.165, 1.54) is 12.3 Å². The molecule has 0 heterocycles. The van der Waals surface area contributed by atoms with Gasteiger partial charge in [-0.05, 0) is 48.3 Å². The first kappa shape index (κ1) is 5.62. The Balaban J connectivity index is 2.06. The summed E-state index contributed by atoms with van der Waals surface area (Å²) in [7, 11) is 0. The van der Waals surface area contributed by atoms with E-state index in [9.17, 15) is 0 Å². The molecule has 3 unspecified atom stereocenters. The molecular weight excluding hydrogens is 120 g/mol. The van der Waals surface area contributed by atoms with Crippen LogP contribution in [0.1, 0.15) is 39.5 Å². The average Bonchev–Trinajstić information content (AvgIpc) is 2.09. The molecule has 0 nitrogen and oxygen atoms in total. The van der Waals surface area contributed by atoms with Crippen LogP contribution in [0.2, 0.25) is 0 Å². The highest BCUT2D eigenvalue weighted by molar-refractivity contribution is 5.20. The lowest BCUT2D eigenvalue weighted by Gasteiger charge is -2.61. The van der Waals surface area contributed by atoms with E-state index in [4.69, 9.17) is 0 Å². The zero-order valence-corrected chi connectivity index (χ0v) is 6.98. The summed E-state index contributed by atoms with van der Waals surface area (Å²) in [5, 5.41) is 0. The zero-order valence-electron chi connectivity index (χ0n) is 6.98. The predicted octanol–water partition coefficient (Wildman–Crippen LogP) is 2.83. The third-order valence-electron chi connectivity index (χ3n) is 4.93. The highest BCUT2D eigenvalue weighted by atomic mass is 14.8. The van der Waals surface area contributed by atoms with Gasteiger partial charge in [0.15, 0.2) is 0 Å². The standard InChI is InChI=1S/C10H16/c1-9(2)5-7-6-10(9)4-3-8(7)10/h7-8H,3-6H2,1-2H3. The third kappa shape index (κ3) is 0.320. The maximum absolute atomic E-state index is 2.49. The summed E-state index contributed by atoms with van der Waals surface area (Å²) in [6.07, 6.45) is 6.25. The molecule has 0 saturated heterocycles. The topological polar surface area (TPSA) is 0 Å². The van der Waals surface area contributed by atoms with Crippen LogP contribution in [-0.2, 0) is 0 Å². The molecule has 56 valence electrons. The molecule has 1 spiro atoms. The fourth-order valence-electron chi connectivity index (χ4n) is 4.24. The van der Waals surface area contributed by atoms with Gasteiger partial charge in [0.2, 0.25) is 0 Å². The van der Waals surface area contributed by atoms with Gasteiger partial charge in [0.05, 0.1) is 0 Å². The Morgan fingerprint density at radius 2 is 2.00 bits per heavy atom. The van der Waals surface area contributed by atoms with E-state index in [2.05, 4.69) is 13.8 Å². The summed E-state index contributed by atoms with van der Waals surface area (Å²) in [5.74, 6) is 2.34. The molecule has 4 fully saturated rings. The normalized spacial score (nSPS) is 60.6. The highest BCUT2D eigenvalue weighted by Crippen LogP contribution is 2.80. The minimum atomic E-state index is 0.723. The van der Waals surface area contributed by atoms with Crippen molar-refractivity contribution in [3.8, 4) is 0 Å². The molecule has 0 aromatic rings. The van der Waals surface area contributed by atoms with Crippen LogP contribution in [0.15, 0.2) is 0 Å². The summed E-state index contributed by atoms with van der Waals surface area (Å²) >= 11 is 0. The summed E-state index contributed by atoms with van der Waals surface area (Å²) in [4.78, 5) is 0. The Morgan fingerprint density at radius 1 is 1.20 bits per heavy atom. The third-order valence-corrected chi connectivity index (χ3v) is 4.93. The molecule has 4 aliphatic carbocycles. The summed E-state index contributed by atoms with van der Waals surface area (Å²) in [6.45, 7) is 4.98. The molecule has 0 heteroatoms. The minimum absolute atomic E-state index is 0.723. The highest BCUT2D eigenvalue weighted by Gasteiger charge is 2.71. The van der Waals surface area contributed by atoms with Gasteiger partial charge < -0.3 is 0 Å². The van der Waals surface area contributed by atoms with E-state index in [1.807, 2.05) is 0 Å². The second-order valence-corrected chi connectivity index (χ2v) is 5.35. The summed E-state index contributed by atoms with van der Waals surface area (Å²) in [6, 6.07) is 0. The van der Waals surface area contributed by atoms with Gasteiger partial charge in [-0.3, -0.25) is 0 Å². The number of hydrogen-bond acceptors (Lipinski definition) is 0. The number of fused-ring (bicyclic) bond motifs is 1. The van der Waals surface area contributed by atoms with Crippen molar-refractivity contribution in [1.29, 1.82) is 0 Å². The minimum Gasteiger partial charge on any atom is -0.0594 e. The first-order valence-corrected chi connectivity index (χ1v) is 4.66. The summed E-state index contributed by atoms with van der Waals surface area (Å²) < 4.78 is 0. The fourth-order valence-corrected chi connectivity index (χ4v) is 4.24. The SMILES string of the molecule is CC1(C)CC2CC13CCC23. The van der Waals surface area contributed by atoms with Gasteiger partial charge in [0.25, 0.3) is 0 Å². The molecule has 0 radical (unpaired) electrons. The van der Waals surface area contributed by atoms with Crippen LogP contribution in [0.5, 0.6) is 0 Å². The fraction of sp³-hybridized carbons (Fsp3) is 1.00. The van der Waals surface area contributed by atoms with Crippen molar-refractivity contribution in [2.45, 2.75) is 39.5 Å². The molecule has 0 aromatic carbocycles. The summed E-state index contributed by atoms with van der Waals surface area (Å²) in [5.41, 5.74) is 1.60. The Bertz CT molecular complexity index is 192. The first-order chi connectivity index (χ1) is 4.66. The van der Waals surface area contributed by atoms with E-state index in [0.717, 1.165) is 16.7 Å². The molecule has 2 bridgehead atoms. The van der Waals surface area contributed by atoms with Crippen molar-refractivity contribution < 1.29 is 0 Å². The van der Waals surface area contributed by atoms with Gasteiger partial charge >= 0.3 is 0 Å². The van der Waals surface area contributed by atoms with Crippen molar-refractivity contribution in [3.05, 3.63) is 0 Å². The lowest BCUT2D eigenvalue weighted by atomic mass is 9.44. The smallest absolute Gasteiger partial charge is 0.0212 e. The molecular formula is C10H16. The predicted molar refractivity (Wildman–Crippen MR) is 41.7 cm³/mol. The van der Waals surface area contributed by atoms with Crippen molar-refractivity contribution in [3.63, 3.8) is 0 Å². The molecule has 0 aliphatic heterocycles. The van der Waals surface area contributed by atoms with Gasteiger partial charge in [-0.25, -0.2) is 0 Å². The van der Waals surface area contributed by atoms with E-state index >= 15 is 0 Å². The zero-order chi connectivity index (χ0) is 6.98. The van der Waals surface area contributed by atoms with Gasteiger partial charge in [0, 0.05) is 0 Å². The van der Waals surface area contributed by atoms with Crippen molar-refractivity contribution in [2.24, 2.45) is 22.7 Å². The Morgan fingerprint density at radius 3 is 2.20 bits per heavy atom. The van der Waals surface area contributed by atoms with Crippen molar-refractivity contribution in [1.82, 2.24) is 0 Å². The quantitative estimate of drug-likeness (QED) is 0.480. The van der Waals surface area contributed by atoms with Crippen molar-refractivity contribution >= 4 is 0 Å². The van der Waals surface area contributed by atoms with Crippen LogP contribution in [0.4, 0.5) is 0 Å². The monoisotopic (exact) mass is 136 g/mol. The van der Waals surface area contributed by atoms with E-state index in [0.29, 0.717) is 0 Å². The average molecular weight is 136 g/mol. The van der Waals surface area contributed by atoms with Crippen LogP contribution in [0.3, 0.4) is 0 Å². The van der Waals surface area contributed by atoms with Gasteiger partial charge in [-0.1, -0.05) is 13.8 Å². The van der Waals surface area contributed by atoms with Crippen LogP contribution in [0, 0.1) is 22.7 Å². The van der Waals surface area contributed by atoms with Gasteiger partial charge in [-0.2, -0.15) is 0 Å². The molecule has 0 amide bonds. The first-order valence-electron chi connectivity index (χ1n) is 4.66. The molecule has 4 saturated carbocycles. The second kappa shape index (κ2) is 1.19. The van der Waals surface area contributed by atoms with Crippen LogP contribution in [-0.4, -0.2) is 0 Å². The maximum atomic E-state index is 2.49. The van der Waals surface area contributed by atoms with E-state index in [1.54, 1.807) is 19.3 Å². The van der Waals surface area contributed by atoms with Gasteiger partial charge in [-0.15, -0.1) is 0 Å². The lowest BCUT2D eigenvalue weighted by Crippen LogP contribution is -2.53. The maximum Gasteiger partial charge on any atom is -0.0212 e. The molecule has 4 aliphatic rings. The Labute approximate surface area is 63.0 Å². The Hall–Kier alpha value is 0. The molecule has 10 heavy (non-hydrogen) atoms. The van der Waals surface area contributed by atoms with E-state index < -0.39 is 0 Å². The number of hydrogen-bond donors (Lipinski definition) is 0. The lowest BCUT2D eigenvalue weighted by molar-refractivity contribution is -0.118. The molecule has 3 atom stereocenters. The van der Waals surface area contributed by atoms with Gasteiger partial charge in [0.1, 0.15) is 0 Å². The Kier molecular flexibility index (Phi) is 0.669. The van der Waals surface area contributed by atoms with Crippen LogP contribution in [0.25, 0.3) is 0 Å².